The van der Waals surface area contributed by atoms with E-state index >= 15 is 0 Å². The van der Waals surface area contributed by atoms with Crippen LogP contribution in [0.15, 0.2) is 30.6 Å². The predicted molar refractivity (Wildman–Crippen MR) is 76.0 cm³/mol. The summed E-state index contributed by atoms with van der Waals surface area (Å²) in [5.41, 5.74) is -0.0614. The molecular weight excluding hydrogens is 294 g/mol. The van der Waals surface area contributed by atoms with Gasteiger partial charge in [-0.25, -0.2) is 4.98 Å². The number of amides is 1. The van der Waals surface area contributed by atoms with Crippen molar-refractivity contribution in [1.29, 1.82) is 0 Å². The van der Waals surface area contributed by atoms with Crippen LogP contribution in [0.4, 0.5) is 14.6 Å². The number of rotatable bonds is 4. The molecule has 118 valence electrons. The van der Waals surface area contributed by atoms with Crippen molar-refractivity contribution in [2.75, 3.05) is 5.32 Å². The molecule has 1 amide bonds. The Bertz CT molecular complexity index is 665. The van der Waals surface area contributed by atoms with Crippen molar-refractivity contribution in [3.05, 3.63) is 36.2 Å². The van der Waals surface area contributed by atoms with Crippen LogP contribution >= 0.6 is 0 Å². The summed E-state index contributed by atoms with van der Waals surface area (Å²) in [6.07, 6.45) is 2.97. The van der Waals surface area contributed by atoms with Crippen molar-refractivity contribution in [3.63, 3.8) is 0 Å². The number of aromatic nitrogens is 3. The minimum absolute atomic E-state index is 0.149. The third-order valence-corrected chi connectivity index (χ3v) is 2.72. The lowest BCUT2D eigenvalue weighted by atomic mass is 10.1. The third-order valence-electron chi connectivity index (χ3n) is 2.72. The molecule has 0 spiro atoms. The second-order valence-electron chi connectivity index (χ2n) is 5.53. The first kappa shape index (κ1) is 15.9. The Hall–Kier alpha value is -2.51. The fourth-order valence-corrected chi connectivity index (χ4v) is 1.66. The summed E-state index contributed by atoms with van der Waals surface area (Å²) in [7, 11) is 0. The Kier molecular flexibility index (Phi) is 4.39. The van der Waals surface area contributed by atoms with E-state index in [4.69, 9.17) is 0 Å². The van der Waals surface area contributed by atoms with E-state index in [9.17, 15) is 13.6 Å². The maximum Gasteiger partial charge on any atom is 0.388 e. The van der Waals surface area contributed by atoms with Gasteiger partial charge in [-0.3, -0.25) is 9.48 Å². The summed E-state index contributed by atoms with van der Waals surface area (Å²) in [5, 5.41) is 6.83. The molecule has 0 fully saturated rings. The first-order valence-corrected chi connectivity index (χ1v) is 6.54. The topological polar surface area (TPSA) is 69.0 Å². The Balaban J connectivity index is 2.10. The van der Waals surface area contributed by atoms with Crippen molar-refractivity contribution < 1.29 is 18.3 Å². The number of nitrogens with zero attached hydrogens (tertiary/aromatic N) is 3. The Morgan fingerprint density at radius 1 is 1.36 bits per heavy atom. The van der Waals surface area contributed by atoms with Crippen molar-refractivity contribution >= 4 is 11.7 Å². The number of nitrogens with one attached hydrogen (secondary N) is 1. The molecule has 0 atom stereocenters. The zero-order valence-electron chi connectivity index (χ0n) is 12.4. The normalized spacial score (nSPS) is 11.5. The Morgan fingerprint density at radius 2 is 2.09 bits per heavy atom. The number of carbonyl (C=O) groups is 1. The van der Waals surface area contributed by atoms with E-state index in [1.807, 2.05) is 20.8 Å². The Morgan fingerprint density at radius 3 is 2.68 bits per heavy atom. The largest absolute Gasteiger partial charge is 0.417 e. The molecule has 6 nitrogen and oxygen atoms in total. The van der Waals surface area contributed by atoms with Crippen LogP contribution in [0, 0.1) is 0 Å². The van der Waals surface area contributed by atoms with Crippen LogP contribution < -0.4 is 10.1 Å². The van der Waals surface area contributed by atoms with E-state index in [-0.39, 0.29) is 17.0 Å². The summed E-state index contributed by atoms with van der Waals surface area (Å²) >= 11 is 0. The molecule has 0 aliphatic rings. The molecule has 0 bridgehead atoms. The quantitative estimate of drug-likeness (QED) is 0.942. The standard InChI is InChI=1S/C14H16F2N4O2/c1-14(2,3)20-7-5-10(19-20)18-12(21)9-4-6-17-11(8-9)22-13(15)16/h4-8,13H,1-3H3,(H,18,19,21). The molecule has 0 saturated carbocycles. The number of hydrogen-bond donors (Lipinski definition) is 1. The summed E-state index contributed by atoms with van der Waals surface area (Å²) in [6.45, 7) is 2.93. The van der Waals surface area contributed by atoms with E-state index in [1.54, 1.807) is 16.9 Å². The summed E-state index contributed by atoms with van der Waals surface area (Å²) < 4.78 is 30.1. The highest BCUT2D eigenvalue weighted by Gasteiger charge is 2.16. The van der Waals surface area contributed by atoms with Gasteiger partial charge in [0.25, 0.3) is 5.91 Å². The van der Waals surface area contributed by atoms with Gasteiger partial charge in [0, 0.05) is 30.1 Å². The van der Waals surface area contributed by atoms with Crippen LogP contribution in [-0.4, -0.2) is 27.3 Å². The lowest BCUT2D eigenvalue weighted by Crippen LogP contribution is -2.22. The van der Waals surface area contributed by atoms with Gasteiger partial charge < -0.3 is 10.1 Å². The van der Waals surface area contributed by atoms with Gasteiger partial charge in [0.05, 0.1) is 5.54 Å². The minimum atomic E-state index is -2.99. The number of alkyl halides is 2. The first-order valence-electron chi connectivity index (χ1n) is 6.54. The number of anilines is 1. The second-order valence-corrected chi connectivity index (χ2v) is 5.53. The van der Waals surface area contributed by atoms with Crippen molar-refractivity contribution in [3.8, 4) is 5.88 Å². The molecular formula is C14H16F2N4O2. The van der Waals surface area contributed by atoms with Crippen molar-refractivity contribution in [2.24, 2.45) is 0 Å². The van der Waals surface area contributed by atoms with Gasteiger partial charge in [0.2, 0.25) is 5.88 Å². The minimum Gasteiger partial charge on any atom is -0.417 e. The average molecular weight is 310 g/mol. The van der Waals surface area contributed by atoms with Crippen LogP contribution in [0.25, 0.3) is 0 Å². The molecule has 0 aromatic carbocycles. The van der Waals surface area contributed by atoms with Crippen molar-refractivity contribution in [2.45, 2.75) is 32.9 Å². The molecule has 0 saturated heterocycles. The van der Waals surface area contributed by atoms with Gasteiger partial charge in [0.1, 0.15) is 0 Å². The molecule has 22 heavy (non-hydrogen) atoms. The van der Waals surface area contributed by atoms with Crippen LogP contribution in [0.5, 0.6) is 5.88 Å². The summed E-state index contributed by atoms with van der Waals surface area (Å²) in [4.78, 5) is 15.7. The number of ether oxygens (including phenoxy) is 1. The summed E-state index contributed by atoms with van der Waals surface area (Å²) in [5.74, 6) is -0.434. The van der Waals surface area contributed by atoms with E-state index in [0.717, 1.165) is 6.07 Å². The second kappa shape index (κ2) is 6.08. The number of pyridine rings is 1. The van der Waals surface area contributed by atoms with Gasteiger partial charge in [-0.2, -0.15) is 13.9 Å². The van der Waals surface area contributed by atoms with Gasteiger partial charge in [-0.15, -0.1) is 0 Å². The molecule has 2 heterocycles. The smallest absolute Gasteiger partial charge is 0.388 e. The highest BCUT2D eigenvalue weighted by atomic mass is 19.3. The molecule has 2 aromatic heterocycles. The predicted octanol–water partition coefficient (Wildman–Crippen LogP) is 2.89. The van der Waals surface area contributed by atoms with E-state index in [0.29, 0.717) is 5.82 Å². The van der Waals surface area contributed by atoms with Gasteiger partial charge in [-0.1, -0.05) is 0 Å². The fourth-order valence-electron chi connectivity index (χ4n) is 1.66. The lowest BCUT2D eigenvalue weighted by Gasteiger charge is -2.18. The maximum absolute atomic E-state index is 12.1. The molecule has 0 radical (unpaired) electrons. The van der Waals surface area contributed by atoms with Gasteiger partial charge in [-0.05, 0) is 26.8 Å². The number of halogens is 2. The highest BCUT2D eigenvalue weighted by molar-refractivity contribution is 6.03. The Labute approximate surface area is 126 Å². The third kappa shape index (κ3) is 4.00. The SMILES string of the molecule is CC(C)(C)n1ccc(NC(=O)c2ccnc(OC(F)F)c2)n1. The zero-order valence-corrected chi connectivity index (χ0v) is 12.4. The monoisotopic (exact) mass is 310 g/mol. The maximum atomic E-state index is 12.1. The van der Waals surface area contributed by atoms with Crippen LogP contribution in [0.2, 0.25) is 0 Å². The molecule has 1 N–H and O–H groups in total. The van der Waals surface area contributed by atoms with E-state index in [1.165, 1.54) is 12.3 Å². The van der Waals surface area contributed by atoms with Crippen molar-refractivity contribution in [1.82, 2.24) is 14.8 Å². The molecule has 0 aliphatic carbocycles. The molecule has 0 unspecified atom stereocenters. The lowest BCUT2D eigenvalue weighted by molar-refractivity contribution is -0.0528. The molecule has 8 heteroatoms. The number of carbonyl (C=O) groups excluding carboxylic acids is 1. The van der Waals surface area contributed by atoms with E-state index in [2.05, 4.69) is 20.1 Å². The highest BCUT2D eigenvalue weighted by Crippen LogP contribution is 2.16. The fraction of sp³-hybridized carbons (Fsp3) is 0.357. The number of hydrogen-bond acceptors (Lipinski definition) is 4. The first-order chi connectivity index (χ1) is 10.3. The van der Waals surface area contributed by atoms with Crippen LogP contribution in [0.3, 0.4) is 0 Å². The van der Waals surface area contributed by atoms with Crippen LogP contribution in [-0.2, 0) is 5.54 Å². The molecule has 2 aromatic rings. The van der Waals surface area contributed by atoms with Crippen LogP contribution in [0.1, 0.15) is 31.1 Å². The zero-order chi connectivity index (χ0) is 16.3. The molecule has 0 aliphatic heterocycles. The molecule has 2 rings (SSSR count). The van der Waals surface area contributed by atoms with Gasteiger partial charge in [0.15, 0.2) is 5.82 Å². The average Bonchev–Trinajstić information content (AvgIpc) is 2.86. The van der Waals surface area contributed by atoms with Gasteiger partial charge >= 0.3 is 6.61 Å². The summed E-state index contributed by atoms with van der Waals surface area (Å²) in [6, 6.07) is 4.19. The van der Waals surface area contributed by atoms with E-state index < -0.39 is 12.5 Å².